The largest absolute Gasteiger partial charge is 0.491 e. The van der Waals surface area contributed by atoms with Crippen LogP contribution in [0.2, 0.25) is 0 Å². The van der Waals surface area contributed by atoms with Gasteiger partial charge in [0.05, 0.1) is 6.61 Å². The molecule has 1 aromatic carbocycles. The molecular weight excluding hydrogens is 308 g/mol. The van der Waals surface area contributed by atoms with Crippen LogP contribution in [0.25, 0.3) is 0 Å². The molecule has 2 heterocycles. The lowest BCUT2D eigenvalue weighted by Crippen LogP contribution is -2.44. The minimum Gasteiger partial charge on any atom is -0.491 e. The second-order valence-electron chi connectivity index (χ2n) is 5.87. The van der Waals surface area contributed by atoms with E-state index in [0.29, 0.717) is 19.7 Å². The number of aliphatic hydroxyl groups is 1. The summed E-state index contributed by atoms with van der Waals surface area (Å²) in [7, 11) is 0. The molecule has 7 nitrogen and oxygen atoms in total. The fourth-order valence-electron chi connectivity index (χ4n) is 2.84. The van der Waals surface area contributed by atoms with Crippen molar-refractivity contribution in [3.8, 4) is 5.75 Å². The number of aliphatic hydroxyl groups excluding tert-OH is 1. The molecule has 1 aliphatic rings. The Morgan fingerprint density at radius 1 is 1.38 bits per heavy atom. The van der Waals surface area contributed by atoms with Crippen molar-refractivity contribution in [2.24, 2.45) is 0 Å². The summed E-state index contributed by atoms with van der Waals surface area (Å²) in [4.78, 5) is 2.18. The zero-order valence-electron chi connectivity index (χ0n) is 13.9. The van der Waals surface area contributed by atoms with Crippen molar-refractivity contribution in [3.05, 3.63) is 42.5 Å². The molecule has 0 amide bonds. The summed E-state index contributed by atoms with van der Waals surface area (Å²) in [5.41, 5.74) is 0. The van der Waals surface area contributed by atoms with Crippen molar-refractivity contribution in [2.75, 3.05) is 32.8 Å². The molecule has 0 saturated carbocycles. The van der Waals surface area contributed by atoms with Crippen molar-refractivity contribution < 1.29 is 14.6 Å². The summed E-state index contributed by atoms with van der Waals surface area (Å²) in [6.07, 6.45) is 1.07. The summed E-state index contributed by atoms with van der Waals surface area (Å²) in [5, 5.41) is 18.4. The lowest BCUT2D eigenvalue weighted by Gasteiger charge is -2.33. The summed E-state index contributed by atoms with van der Waals surface area (Å²) in [6.45, 7) is 5.80. The van der Waals surface area contributed by atoms with Gasteiger partial charge < -0.3 is 19.1 Å². The monoisotopic (exact) mass is 332 g/mol. The highest BCUT2D eigenvalue weighted by molar-refractivity contribution is 5.20. The lowest BCUT2D eigenvalue weighted by atomic mass is 10.2. The number of hydrogen-bond acceptors (Lipinski definition) is 6. The van der Waals surface area contributed by atoms with Crippen LogP contribution in [0, 0.1) is 0 Å². The van der Waals surface area contributed by atoms with E-state index in [1.807, 2.05) is 34.9 Å². The van der Waals surface area contributed by atoms with Crippen LogP contribution in [-0.4, -0.2) is 63.7 Å². The maximum absolute atomic E-state index is 10.2. The van der Waals surface area contributed by atoms with Crippen molar-refractivity contribution in [3.63, 3.8) is 0 Å². The van der Waals surface area contributed by atoms with E-state index in [0.717, 1.165) is 24.7 Å². The van der Waals surface area contributed by atoms with Crippen LogP contribution in [0.5, 0.6) is 5.75 Å². The van der Waals surface area contributed by atoms with Crippen LogP contribution in [-0.2, 0) is 11.3 Å². The van der Waals surface area contributed by atoms with Gasteiger partial charge in [-0.15, -0.1) is 10.2 Å². The molecule has 1 saturated heterocycles. The van der Waals surface area contributed by atoms with Gasteiger partial charge >= 0.3 is 0 Å². The first-order valence-electron chi connectivity index (χ1n) is 8.34. The number of aryl methyl sites for hydroxylation is 1. The molecule has 2 atom stereocenters. The highest BCUT2D eigenvalue weighted by Gasteiger charge is 2.27. The number of ether oxygens (including phenoxy) is 2. The molecule has 0 bridgehead atoms. The summed E-state index contributed by atoms with van der Waals surface area (Å²) < 4.78 is 13.4. The maximum atomic E-state index is 10.2. The molecule has 1 N–H and O–H groups in total. The Morgan fingerprint density at radius 2 is 2.21 bits per heavy atom. The quantitative estimate of drug-likeness (QED) is 0.819. The SMILES string of the molecule is CCn1cnnc1[C@@H]1CN(C[C@H](O)COc2ccccc2)CCO1. The highest BCUT2D eigenvalue weighted by Crippen LogP contribution is 2.20. The molecular formula is C17H24N4O3. The number of hydrogen-bond donors (Lipinski definition) is 1. The fourth-order valence-corrected chi connectivity index (χ4v) is 2.84. The van der Waals surface area contributed by atoms with Crippen LogP contribution in [0.15, 0.2) is 36.7 Å². The van der Waals surface area contributed by atoms with Gasteiger partial charge in [-0.2, -0.15) is 0 Å². The number of morpholine rings is 1. The fraction of sp³-hybridized carbons (Fsp3) is 0.529. The molecule has 0 unspecified atom stereocenters. The Hall–Kier alpha value is -1.96. The van der Waals surface area contributed by atoms with Gasteiger partial charge in [0, 0.05) is 26.2 Å². The van der Waals surface area contributed by atoms with E-state index < -0.39 is 6.10 Å². The van der Waals surface area contributed by atoms with Crippen LogP contribution in [0.4, 0.5) is 0 Å². The van der Waals surface area contributed by atoms with Crippen molar-refractivity contribution in [1.29, 1.82) is 0 Å². The molecule has 1 aromatic heterocycles. The average molecular weight is 332 g/mol. The first-order valence-corrected chi connectivity index (χ1v) is 8.34. The van der Waals surface area contributed by atoms with Gasteiger partial charge in [-0.25, -0.2) is 0 Å². The minimum atomic E-state index is -0.548. The Bertz CT molecular complexity index is 619. The molecule has 0 spiro atoms. The standard InChI is InChI=1S/C17H24N4O3/c1-2-21-13-18-19-17(21)16-11-20(8-9-23-16)10-14(22)12-24-15-6-4-3-5-7-15/h3-7,13-14,16,22H,2,8-12H2,1H3/t14-,16-/m0/s1. The normalized spacial score (nSPS) is 20.0. The number of para-hydroxylation sites is 1. The summed E-state index contributed by atoms with van der Waals surface area (Å²) in [5.74, 6) is 1.62. The van der Waals surface area contributed by atoms with Gasteiger partial charge in [-0.1, -0.05) is 18.2 Å². The number of β-amino-alcohol motifs (C(OH)–C–C–N with tert-alkyl or cyclic N) is 1. The van der Waals surface area contributed by atoms with E-state index in [2.05, 4.69) is 22.0 Å². The van der Waals surface area contributed by atoms with Gasteiger partial charge in [0.15, 0.2) is 5.82 Å². The van der Waals surface area contributed by atoms with E-state index in [-0.39, 0.29) is 12.7 Å². The van der Waals surface area contributed by atoms with Gasteiger partial charge in [0.1, 0.15) is 30.9 Å². The van der Waals surface area contributed by atoms with Gasteiger partial charge in [0.25, 0.3) is 0 Å². The van der Waals surface area contributed by atoms with Crippen LogP contribution in [0.1, 0.15) is 18.9 Å². The molecule has 0 radical (unpaired) electrons. The topological polar surface area (TPSA) is 72.6 Å². The van der Waals surface area contributed by atoms with Crippen LogP contribution < -0.4 is 4.74 Å². The third kappa shape index (κ3) is 4.31. The molecule has 2 aromatic rings. The molecule has 1 aliphatic heterocycles. The van der Waals surface area contributed by atoms with E-state index in [1.165, 1.54) is 0 Å². The predicted molar refractivity (Wildman–Crippen MR) is 88.8 cm³/mol. The van der Waals surface area contributed by atoms with Crippen molar-refractivity contribution in [2.45, 2.75) is 25.7 Å². The molecule has 3 rings (SSSR count). The third-order valence-corrected chi connectivity index (χ3v) is 4.08. The maximum Gasteiger partial charge on any atom is 0.163 e. The third-order valence-electron chi connectivity index (χ3n) is 4.08. The van der Waals surface area contributed by atoms with Gasteiger partial charge in [0.2, 0.25) is 0 Å². The Labute approximate surface area is 141 Å². The summed E-state index contributed by atoms with van der Waals surface area (Å²) >= 11 is 0. The zero-order chi connectivity index (χ0) is 16.8. The van der Waals surface area contributed by atoms with E-state index in [9.17, 15) is 5.11 Å². The van der Waals surface area contributed by atoms with E-state index in [4.69, 9.17) is 9.47 Å². The lowest BCUT2D eigenvalue weighted by molar-refractivity contribution is -0.0508. The molecule has 130 valence electrons. The molecule has 7 heteroatoms. The Kier molecular flexibility index (Phi) is 5.79. The first kappa shape index (κ1) is 16.9. The first-order chi connectivity index (χ1) is 11.8. The number of nitrogens with zero attached hydrogens (tertiary/aromatic N) is 4. The van der Waals surface area contributed by atoms with E-state index >= 15 is 0 Å². The minimum absolute atomic E-state index is 0.108. The van der Waals surface area contributed by atoms with Crippen molar-refractivity contribution in [1.82, 2.24) is 19.7 Å². The number of aromatic nitrogens is 3. The molecule has 1 fully saturated rings. The van der Waals surface area contributed by atoms with Gasteiger partial charge in [-0.05, 0) is 19.1 Å². The van der Waals surface area contributed by atoms with Crippen molar-refractivity contribution >= 4 is 0 Å². The summed E-state index contributed by atoms with van der Waals surface area (Å²) in [6, 6.07) is 9.53. The molecule has 24 heavy (non-hydrogen) atoms. The average Bonchev–Trinajstić information content (AvgIpc) is 3.10. The second kappa shape index (κ2) is 8.23. The van der Waals surface area contributed by atoms with Crippen LogP contribution >= 0.6 is 0 Å². The number of benzene rings is 1. The molecule has 0 aliphatic carbocycles. The Balaban J connectivity index is 1.50. The van der Waals surface area contributed by atoms with Gasteiger partial charge in [-0.3, -0.25) is 4.90 Å². The zero-order valence-corrected chi connectivity index (χ0v) is 13.9. The van der Waals surface area contributed by atoms with Crippen LogP contribution in [0.3, 0.4) is 0 Å². The smallest absolute Gasteiger partial charge is 0.163 e. The number of rotatable bonds is 7. The predicted octanol–water partition coefficient (Wildman–Crippen LogP) is 1.11. The van der Waals surface area contributed by atoms with E-state index in [1.54, 1.807) is 6.33 Å². The highest BCUT2D eigenvalue weighted by atomic mass is 16.5. The Morgan fingerprint density at radius 3 is 3.00 bits per heavy atom. The second-order valence-corrected chi connectivity index (χ2v) is 5.87.